The summed E-state index contributed by atoms with van der Waals surface area (Å²) >= 11 is 0. The van der Waals surface area contributed by atoms with Gasteiger partial charge in [0.1, 0.15) is 0 Å². The maximum absolute atomic E-state index is 9.96. The Balaban J connectivity index is 0.000000138. The molecule has 0 amide bonds. The molecule has 0 saturated heterocycles. The number of nitrogens with zero attached hydrogens (tertiary/aromatic N) is 1. The molecule has 2 aromatic heterocycles. The number of hydrogen-bond donors (Lipinski definition) is 2. The lowest BCUT2D eigenvalue weighted by Crippen LogP contribution is -1.98. The standard InChI is InChI=1S/C9H7N.C3H4N2O/c1-2-6-9-8(4-1)5-3-7-10-9;6-3-4-1-2-5-3/h1-7H;1-2H,(H2,4,5,6). The fourth-order valence-electron chi connectivity index (χ4n) is 1.29. The van der Waals surface area contributed by atoms with Crippen LogP contribution in [-0.2, 0) is 0 Å². The lowest BCUT2D eigenvalue weighted by atomic mass is 10.2. The van der Waals surface area contributed by atoms with E-state index in [1.165, 1.54) is 5.39 Å². The van der Waals surface area contributed by atoms with Gasteiger partial charge < -0.3 is 9.97 Å². The third-order valence-corrected chi connectivity index (χ3v) is 2.02. The summed E-state index contributed by atoms with van der Waals surface area (Å²) in [5.74, 6) is 0. The first-order valence-corrected chi connectivity index (χ1v) is 4.88. The van der Waals surface area contributed by atoms with Crippen LogP contribution < -0.4 is 5.69 Å². The van der Waals surface area contributed by atoms with Crippen molar-refractivity contribution >= 4 is 10.9 Å². The molecular weight excluding hydrogens is 202 g/mol. The van der Waals surface area contributed by atoms with Gasteiger partial charge in [-0.1, -0.05) is 24.3 Å². The number of nitrogens with one attached hydrogen (secondary N) is 2. The molecule has 0 aliphatic rings. The number of fused-ring (bicyclic) bond motifs is 1. The highest BCUT2D eigenvalue weighted by Gasteiger charge is 1.86. The topological polar surface area (TPSA) is 61.5 Å². The van der Waals surface area contributed by atoms with Crippen LogP contribution in [0, 0.1) is 0 Å². The minimum absolute atomic E-state index is 0.157. The summed E-state index contributed by atoms with van der Waals surface area (Å²) in [5.41, 5.74) is 0.903. The van der Waals surface area contributed by atoms with Crippen LogP contribution in [0.25, 0.3) is 10.9 Å². The van der Waals surface area contributed by atoms with E-state index < -0.39 is 0 Å². The van der Waals surface area contributed by atoms with Crippen LogP contribution in [0.4, 0.5) is 0 Å². The maximum Gasteiger partial charge on any atom is 0.322 e. The number of H-pyrrole nitrogens is 2. The van der Waals surface area contributed by atoms with Crippen LogP contribution in [0.3, 0.4) is 0 Å². The molecule has 1 aromatic carbocycles. The third kappa shape index (κ3) is 2.57. The van der Waals surface area contributed by atoms with Crippen molar-refractivity contribution in [3.63, 3.8) is 0 Å². The lowest BCUT2D eigenvalue weighted by molar-refractivity contribution is 1.19. The van der Waals surface area contributed by atoms with Crippen LogP contribution in [0.5, 0.6) is 0 Å². The van der Waals surface area contributed by atoms with Crippen molar-refractivity contribution in [2.75, 3.05) is 0 Å². The SMILES string of the molecule is O=c1[nH]cc[nH]1.c1ccc2ncccc2c1. The molecule has 0 atom stereocenters. The van der Waals surface area contributed by atoms with E-state index >= 15 is 0 Å². The number of aromatic nitrogens is 3. The molecule has 2 N–H and O–H groups in total. The Labute approximate surface area is 92.0 Å². The summed E-state index contributed by atoms with van der Waals surface area (Å²) in [5, 5.41) is 1.20. The van der Waals surface area contributed by atoms with Crippen molar-refractivity contribution in [3.05, 3.63) is 65.5 Å². The minimum atomic E-state index is -0.157. The van der Waals surface area contributed by atoms with Crippen molar-refractivity contribution < 1.29 is 0 Å². The molecule has 4 heteroatoms. The van der Waals surface area contributed by atoms with Crippen molar-refractivity contribution in [1.29, 1.82) is 0 Å². The van der Waals surface area contributed by atoms with Crippen molar-refractivity contribution in [1.82, 2.24) is 15.0 Å². The number of rotatable bonds is 0. The van der Waals surface area contributed by atoms with Crippen molar-refractivity contribution in [2.45, 2.75) is 0 Å². The highest BCUT2D eigenvalue weighted by molar-refractivity contribution is 5.77. The molecule has 80 valence electrons. The van der Waals surface area contributed by atoms with Gasteiger partial charge in [0.25, 0.3) is 0 Å². The Kier molecular flexibility index (Phi) is 3.13. The van der Waals surface area contributed by atoms with Crippen LogP contribution in [-0.4, -0.2) is 15.0 Å². The van der Waals surface area contributed by atoms with Gasteiger partial charge in [-0.25, -0.2) is 4.79 Å². The summed E-state index contributed by atoms with van der Waals surface area (Å²) in [4.78, 5) is 18.9. The first-order valence-electron chi connectivity index (χ1n) is 4.88. The van der Waals surface area contributed by atoms with Gasteiger partial charge >= 0.3 is 5.69 Å². The van der Waals surface area contributed by atoms with E-state index in [2.05, 4.69) is 27.1 Å². The predicted molar refractivity (Wildman–Crippen MR) is 63.2 cm³/mol. The molecule has 0 saturated carbocycles. The summed E-state index contributed by atoms with van der Waals surface area (Å²) in [7, 11) is 0. The molecule has 0 unspecified atom stereocenters. The molecular formula is C12H11N3O. The second-order valence-corrected chi connectivity index (χ2v) is 3.15. The van der Waals surface area contributed by atoms with Gasteiger partial charge in [-0.05, 0) is 12.1 Å². The second-order valence-electron chi connectivity index (χ2n) is 3.15. The van der Waals surface area contributed by atoms with Gasteiger partial charge in [-0.3, -0.25) is 4.98 Å². The fraction of sp³-hybridized carbons (Fsp3) is 0. The molecule has 0 aliphatic carbocycles. The summed E-state index contributed by atoms with van der Waals surface area (Å²) in [6.45, 7) is 0. The van der Waals surface area contributed by atoms with Crippen LogP contribution in [0.15, 0.2) is 59.8 Å². The molecule has 3 rings (SSSR count). The highest BCUT2D eigenvalue weighted by atomic mass is 16.1. The van der Waals surface area contributed by atoms with Gasteiger partial charge in [-0.2, -0.15) is 0 Å². The Morgan fingerprint density at radius 1 is 0.938 bits per heavy atom. The number of imidazole rings is 1. The molecule has 0 radical (unpaired) electrons. The average Bonchev–Trinajstić information content (AvgIpc) is 2.81. The van der Waals surface area contributed by atoms with E-state index in [0.29, 0.717) is 0 Å². The minimum Gasteiger partial charge on any atom is -0.313 e. The van der Waals surface area contributed by atoms with Crippen molar-refractivity contribution in [3.8, 4) is 0 Å². The Hall–Kier alpha value is -2.36. The number of benzene rings is 1. The zero-order chi connectivity index (χ0) is 11.2. The van der Waals surface area contributed by atoms with Gasteiger partial charge in [0.05, 0.1) is 5.52 Å². The van der Waals surface area contributed by atoms with Gasteiger partial charge in [0, 0.05) is 24.0 Å². The fourth-order valence-corrected chi connectivity index (χ4v) is 1.29. The van der Waals surface area contributed by atoms with E-state index in [1.54, 1.807) is 12.4 Å². The molecule has 0 spiro atoms. The zero-order valence-corrected chi connectivity index (χ0v) is 8.55. The Morgan fingerprint density at radius 3 is 2.25 bits per heavy atom. The largest absolute Gasteiger partial charge is 0.322 e. The molecule has 4 nitrogen and oxygen atoms in total. The second kappa shape index (κ2) is 4.93. The van der Waals surface area contributed by atoms with Gasteiger partial charge in [0.15, 0.2) is 0 Å². The smallest absolute Gasteiger partial charge is 0.313 e. The quantitative estimate of drug-likeness (QED) is 0.599. The third-order valence-electron chi connectivity index (χ3n) is 2.02. The number of hydrogen-bond acceptors (Lipinski definition) is 2. The van der Waals surface area contributed by atoms with E-state index in [1.807, 2.05) is 30.5 Å². The highest BCUT2D eigenvalue weighted by Crippen LogP contribution is 2.07. The van der Waals surface area contributed by atoms with E-state index in [0.717, 1.165) is 5.52 Å². The summed E-state index contributed by atoms with van der Waals surface area (Å²) in [6.07, 6.45) is 4.90. The predicted octanol–water partition coefficient (Wildman–Crippen LogP) is 1.94. The first-order chi connectivity index (χ1) is 7.86. The summed E-state index contributed by atoms with van der Waals surface area (Å²) < 4.78 is 0. The molecule has 2 heterocycles. The van der Waals surface area contributed by atoms with Crippen LogP contribution in [0.2, 0.25) is 0 Å². The number of aromatic amines is 2. The van der Waals surface area contributed by atoms with E-state index in [4.69, 9.17) is 0 Å². The lowest BCUT2D eigenvalue weighted by Gasteiger charge is -1.91. The van der Waals surface area contributed by atoms with E-state index in [-0.39, 0.29) is 5.69 Å². The van der Waals surface area contributed by atoms with E-state index in [9.17, 15) is 4.79 Å². The van der Waals surface area contributed by atoms with Crippen LogP contribution >= 0.6 is 0 Å². The van der Waals surface area contributed by atoms with Gasteiger partial charge in [0.2, 0.25) is 0 Å². The monoisotopic (exact) mass is 213 g/mol. The normalized spacial score (nSPS) is 9.50. The van der Waals surface area contributed by atoms with Gasteiger partial charge in [-0.15, -0.1) is 0 Å². The maximum atomic E-state index is 9.96. The molecule has 16 heavy (non-hydrogen) atoms. The molecule has 0 fully saturated rings. The van der Waals surface area contributed by atoms with Crippen LogP contribution in [0.1, 0.15) is 0 Å². The van der Waals surface area contributed by atoms with Crippen molar-refractivity contribution in [2.24, 2.45) is 0 Å². The Bertz CT molecular complexity index is 530. The average molecular weight is 213 g/mol. The zero-order valence-electron chi connectivity index (χ0n) is 8.55. The molecule has 3 aromatic rings. The summed E-state index contributed by atoms with van der Waals surface area (Å²) in [6, 6.07) is 12.1. The first kappa shape index (κ1) is 10.2. The number of para-hydroxylation sites is 1. The number of pyridine rings is 1. The Morgan fingerprint density at radius 2 is 1.62 bits per heavy atom. The molecule has 0 bridgehead atoms. The molecule has 0 aliphatic heterocycles.